The van der Waals surface area contributed by atoms with Gasteiger partial charge in [0.25, 0.3) is 0 Å². The van der Waals surface area contributed by atoms with Gasteiger partial charge >= 0.3 is 0 Å². The summed E-state index contributed by atoms with van der Waals surface area (Å²) in [4.78, 5) is 16.8. The van der Waals surface area contributed by atoms with Gasteiger partial charge in [-0.3, -0.25) is 9.78 Å². The number of aromatic nitrogens is 1. The van der Waals surface area contributed by atoms with E-state index < -0.39 is 0 Å². The van der Waals surface area contributed by atoms with Gasteiger partial charge in [-0.1, -0.05) is 32.0 Å². The molecule has 1 aromatic heterocycles. The topological polar surface area (TPSA) is 56.0 Å². The number of rotatable bonds is 6. The molecule has 2 aromatic rings. The molecule has 0 aliphatic carbocycles. The quantitative estimate of drug-likeness (QED) is 0.818. The van der Waals surface area contributed by atoms with Crippen molar-refractivity contribution in [1.29, 1.82) is 0 Å². The van der Waals surface area contributed by atoms with Gasteiger partial charge in [-0.2, -0.15) is 0 Å². The normalized spacial score (nSPS) is 12.8. The largest absolute Gasteiger partial charge is 0.330 e. The van der Waals surface area contributed by atoms with E-state index in [1.165, 1.54) is 0 Å². The number of hydrogen-bond donors (Lipinski definition) is 1. The number of benzene rings is 1. The minimum absolute atomic E-state index is 0.166. The summed E-state index contributed by atoms with van der Waals surface area (Å²) < 4.78 is 0. The third-order valence-electron chi connectivity index (χ3n) is 3.56. The molecule has 1 atom stereocenters. The van der Waals surface area contributed by atoms with Crippen LogP contribution in [-0.2, 0) is 0 Å². The molecule has 0 bridgehead atoms. The second-order valence-corrected chi connectivity index (χ2v) is 5.73. The van der Waals surface area contributed by atoms with E-state index in [2.05, 4.69) is 18.8 Å². The Bertz CT molecular complexity index is 587. The average Bonchev–Trinajstić information content (AvgIpc) is 2.45. The molecule has 1 unspecified atom stereocenters. The molecular weight excluding hydrogens is 248 g/mol. The molecule has 0 saturated carbocycles. The number of nitrogens with zero attached hydrogens (tertiary/aromatic N) is 1. The zero-order valence-electron chi connectivity index (χ0n) is 12.2. The van der Waals surface area contributed by atoms with Crippen LogP contribution in [-0.4, -0.2) is 17.3 Å². The summed E-state index contributed by atoms with van der Waals surface area (Å²) in [7, 11) is 0. The third kappa shape index (κ3) is 3.42. The molecule has 0 spiro atoms. The summed E-state index contributed by atoms with van der Waals surface area (Å²) in [6, 6.07) is 9.53. The van der Waals surface area contributed by atoms with E-state index in [1.54, 1.807) is 6.20 Å². The molecule has 1 aromatic carbocycles. The number of pyridine rings is 1. The first-order valence-electron chi connectivity index (χ1n) is 7.18. The summed E-state index contributed by atoms with van der Waals surface area (Å²) in [5.41, 5.74) is 7.42. The second kappa shape index (κ2) is 6.62. The molecule has 106 valence electrons. The highest BCUT2D eigenvalue weighted by atomic mass is 16.1. The molecular formula is C17H22N2O. The van der Waals surface area contributed by atoms with Crippen LogP contribution < -0.4 is 5.73 Å². The average molecular weight is 270 g/mol. The van der Waals surface area contributed by atoms with Gasteiger partial charge in [0.15, 0.2) is 5.78 Å². The van der Waals surface area contributed by atoms with Gasteiger partial charge in [0.05, 0.1) is 5.52 Å². The Labute approximate surface area is 120 Å². The Balaban J connectivity index is 2.23. The van der Waals surface area contributed by atoms with Crippen LogP contribution in [0.5, 0.6) is 0 Å². The van der Waals surface area contributed by atoms with E-state index in [4.69, 9.17) is 5.73 Å². The maximum Gasteiger partial charge on any atom is 0.163 e. The van der Waals surface area contributed by atoms with Crippen molar-refractivity contribution in [3.63, 3.8) is 0 Å². The van der Waals surface area contributed by atoms with Crippen molar-refractivity contribution in [2.45, 2.75) is 26.7 Å². The smallest absolute Gasteiger partial charge is 0.163 e. The van der Waals surface area contributed by atoms with E-state index in [0.29, 0.717) is 18.9 Å². The zero-order valence-corrected chi connectivity index (χ0v) is 12.2. The fourth-order valence-electron chi connectivity index (χ4n) is 2.65. The molecule has 0 saturated heterocycles. The Morgan fingerprint density at radius 2 is 2.05 bits per heavy atom. The second-order valence-electron chi connectivity index (χ2n) is 5.73. The monoisotopic (exact) mass is 270 g/mol. The lowest BCUT2D eigenvalue weighted by Crippen LogP contribution is -2.20. The Kier molecular flexibility index (Phi) is 4.85. The van der Waals surface area contributed by atoms with E-state index in [-0.39, 0.29) is 11.7 Å². The van der Waals surface area contributed by atoms with E-state index in [9.17, 15) is 4.79 Å². The lowest BCUT2D eigenvalue weighted by atomic mass is 9.90. The molecule has 0 aliphatic rings. The first kappa shape index (κ1) is 14.7. The number of fused-ring (bicyclic) bond motifs is 1. The first-order valence-corrected chi connectivity index (χ1v) is 7.18. The minimum Gasteiger partial charge on any atom is -0.330 e. The van der Waals surface area contributed by atoms with E-state index >= 15 is 0 Å². The van der Waals surface area contributed by atoms with E-state index in [1.807, 2.05) is 30.3 Å². The predicted molar refractivity (Wildman–Crippen MR) is 82.7 cm³/mol. The molecule has 0 amide bonds. The summed E-state index contributed by atoms with van der Waals surface area (Å²) >= 11 is 0. The molecule has 0 radical (unpaired) electrons. The number of carbonyl (C=O) groups is 1. The molecule has 0 fully saturated rings. The number of ketones is 1. The fraction of sp³-hybridized carbons (Fsp3) is 0.412. The molecule has 2 N–H and O–H groups in total. The van der Waals surface area contributed by atoms with Crippen molar-refractivity contribution in [2.24, 2.45) is 17.6 Å². The van der Waals surface area contributed by atoms with Crippen molar-refractivity contribution < 1.29 is 4.79 Å². The van der Waals surface area contributed by atoms with Gasteiger partial charge in [-0.25, -0.2) is 0 Å². The van der Waals surface area contributed by atoms with Gasteiger partial charge in [0.2, 0.25) is 0 Å². The Hall–Kier alpha value is -1.74. The third-order valence-corrected chi connectivity index (χ3v) is 3.56. The number of hydrogen-bond acceptors (Lipinski definition) is 3. The van der Waals surface area contributed by atoms with Gasteiger partial charge in [-0.05, 0) is 36.9 Å². The highest BCUT2D eigenvalue weighted by molar-refractivity contribution is 6.07. The zero-order chi connectivity index (χ0) is 14.5. The number of carbonyl (C=O) groups excluding carboxylic acids is 1. The van der Waals surface area contributed by atoms with Crippen LogP contribution in [0.4, 0.5) is 0 Å². The first-order chi connectivity index (χ1) is 9.61. The lowest BCUT2D eigenvalue weighted by Gasteiger charge is -2.16. The van der Waals surface area contributed by atoms with Crippen LogP contribution in [0.3, 0.4) is 0 Å². The molecule has 0 aliphatic heterocycles. The SMILES string of the molecule is CC(C)CC(CN)CC(=O)c1cccc2ncccc12. The van der Waals surface area contributed by atoms with Crippen LogP contribution in [0.25, 0.3) is 10.9 Å². The van der Waals surface area contributed by atoms with Crippen molar-refractivity contribution in [3.05, 3.63) is 42.1 Å². The van der Waals surface area contributed by atoms with Crippen LogP contribution in [0, 0.1) is 11.8 Å². The number of nitrogens with two attached hydrogens (primary N) is 1. The van der Waals surface area contributed by atoms with Gasteiger partial charge in [0.1, 0.15) is 0 Å². The summed E-state index contributed by atoms with van der Waals surface area (Å²) in [5, 5.41) is 0.931. The van der Waals surface area contributed by atoms with Crippen molar-refractivity contribution >= 4 is 16.7 Å². The Morgan fingerprint density at radius 3 is 2.75 bits per heavy atom. The van der Waals surface area contributed by atoms with Gasteiger partial charge < -0.3 is 5.73 Å². The van der Waals surface area contributed by atoms with Crippen molar-refractivity contribution in [2.75, 3.05) is 6.54 Å². The summed E-state index contributed by atoms with van der Waals surface area (Å²) in [6.45, 7) is 4.89. The van der Waals surface area contributed by atoms with Gasteiger partial charge in [0, 0.05) is 23.6 Å². The maximum absolute atomic E-state index is 12.5. The highest BCUT2D eigenvalue weighted by Crippen LogP contribution is 2.22. The predicted octanol–water partition coefficient (Wildman–Crippen LogP) is 3.43. The molecule has 2 rings (SSSR count). The van der Waals surface area contributed by atoms with Crippen molar-refractivity contribution in [3.8, 4) is 0 Å². The Morgan fingerprint density at radius 1 is 1.25 bits per heavy atom. The van der Waals surface area contributed by atoms with Crippen LogP contribution in [0.1, 0.15) is 37.0 Å². The summed E-state index contributed by atoms with van der Waals surface area (Å²) in [6.07, 6.45) is 3.26. The molecule has 3 heteroatoms. The van der Waals surface area contributed by atoms with Crippen LogP contribution >= 0.6 is 0 Å². The fourth-order valence-corrected chi connectivity index (χ4v) is 2.65. The molecule has 1 heterocycles. The van der Waals surface area contributed by atoms with Gasteiger partial charge in [-0.15, -0.1) is 0 Å². The van der Waals surface area contributed by atoms with E-state index in [0.717, 1.165) is 22.9 Å². The number of Topliss-reactive ketones (excluding diaryl/α,β-unsaturated/α-hetero) is 1. The maximum atomic E-state index is 12.5. The van der Waals surface area contributed by atoms with Crippen LogP contribution in [0.15, 0.2) is 36.5 Å². The summed E-state index contributed by atoms with van der Waals surface area (Å²) in [5.74, 6) is 0.986. The molecule has 20 heavy (non-hydrogen) atoms. The van der Waals surface area contributed by atoms with Crippen LogP contribution in [0.2, 0.25) is 0 Å². The highest BCUT2D eigenvalue weighted by Gasteiger charge is 2.17. The lowest BCUT2D eigenvalue weighted by molar-refractivity contribution is 0.0959. The minimum atomic E-state index is 0.166. The standard InChI is InChI=1S/C17H22N2O/c1-12(2)9-13(11-18)10-17(20)15-5-3-7-16-14(15)6-4-8-19-16/h3-8,12-13H,9-11,18H2,1-2H3. The van der Waals surface area contributed by atoms with Crippen molar-refractivity contribution in [1.82, 2.24) is 4.98 Å². The molecule has 3 nitrogen and oxygen atoms in total.